The van der Waals surface area contributed by atoms with Gasteiger partial charge < -0.3 is 5.73 Å². The molecule has 20 heavy (non-hydrogen) atoms. The van der Waals surface area contributed by atoms with Crippen molar-refractivity contribution in [3.05, 3.63) is 42.7 Å². The van der Waals surface area contributed by atoms with Crippen LogP contribution in [0.5, 0.6) is 0 Å². The maximum absolute atomic E-state index is 5.76. The Hall–Kier alpha value is -2.63. The smallest absolute Gasteiger partial charge is 0.123 e. The topological polar surface area (TPSA) is 74.5 Å². The summed E-state index contributed by atoms with van der Waals surface area (Å²) in [4.78, 5) is 8.28. The van der Waals surface area contributed by atoms with Crippen LogP contribution in [0.1, 0.15) is 12.6 Å². The number of aromatic nitrogens is 5. The fourth-order valence-electron chi connectivity index (χ4n) is 2.28. The molecule has 2 N–H and O–H groups in total. The summed E-state index contributed by atoms with van der Waals surface area (Å²) in [6.45, 7) is 2.09. The van der Waals surface area contributed by atoms with Gasteiger partial charge in [0.15, 0.2) is 0 Å². The Morgan fingerprint density at radius 2 is 2.20 bits per heavy atom. The number of nitrogens with zero attached hydrogens (tertiary/aromatic N) is 5. The number of imidazole rings is 1. The Bertz CT molecular complexity index is 740. The van der Waals surface area contributed by atoms with Gasteiger partial charge in [0.05, 0.1) is 29.6 Å². The summed E-state index contributed by atoms with van der Waals surface area (Å²) in [5.74, 6) is 0.497. The summed E-state index contributed by atoms with van der Waals surface area (Å²) in [5, 5.41) is 4.47. The first-order valence-electron chi connectivity index (χ1n) is 6.46. The highest BCUT2D eigenvalue weighted by atomic mass is 15.3. The van der Waals surface area contributed by atoms with Gasteiger partial charge in [-0.3, -0.25) is 9.25 Å². The van der Waals surface area contributed by atoms with E-state index in [-0.39, 0.29) is 0 Å². The van der Waals surface area contributed by atoms with Crippen molar-refractivity contribution in [3.8, 4) is 16.9 Å². The zero-order valence-electron chi connectivity index (χ0n) is 11.5. The lowest BCUT2D eigenvalue weighted by atomic mass is 10.2. The molecule has 0 bridgehead atoms. The molecular weight excluding hydrogens is 252 g/mol. The van der Waals surface area contributed by atoms with Crippen molar-refractivity contribution in [1.29, 1.82) is 0 Å². The van der Waals surface area contributed by atoms with Crippen LogP contribution in [0.25, 0.3) is 16.9 Å². The van der Waals surface area contributed by atoms with E-state index in [1.807, 2.05) is 40.8 Å². The van der Waals surface area contributed by atoms with Crippen LogP contribution in [0.2, 0.25) is 0 Å². The predicted octanol–water partition coefficient (Wildman–Crippen LogP) is 1.81. The monoisotopic (exact) mass is 268 g/mol. The first kappa shape index (κ1) is 12.4. The Balaban J connectivity index is 2.15. The van der Waals surface area contributed by atoms with E-state index < -0.39 is 0 Å². The van der Waals surface area contributed by atoms with Gasteiger partial charge in [-0.1, -0.05) is 6.92 Å². The SMILES string of the molecule is CCc1nn(C)cc1-n1cncc1-c1ccnc(N)c1. The van der Waals surface area contributed by atoms with E-state index in [1.165, 1.54) is 0 Å². The van der Waals surface area contributed by atoms with Crippen molar-refractivity contribution in [3.63, 3.8) is 0 Å². The van der Waals surface area contributed by atoms with Crippen LogP contribution in [-0.2, 0) is 13.5 Å². The highest BCUT2D eigenvalue weighted by molar-refractivity contribution is 5.64. The number of rotatable bonds is 3. The van der Waals surface area contributed by atoms with Crippen molar-refractivity contribution in [2.24, 2.45) is 7.05 Å². The number of hydrogen-bond donors (Lipinski definition) is 1. The lowest BCUT2D eigenvalue weighted by Gasteiger charge is -2.07. The second-order valence-electron chi connectivity index (χ2n) is 4.61. The largest absolute Gasteiger partial charge is 0.384 e. The summed E-state index contributed by atoms with van der Waals surface area (Å²) in [6.07, 6.45) is 8.18. The molecule has 0 unspecified atom stereocenters. The van der Waals surface area contributed by atoms with Gasteiger partial charge in [0, 0.05) is 25.0 Å². The summed E-state index contributed by atoms with van der Waals surface area (Å²) < 4.78 is 3.85. The second-order valence-corrected chi connectivity index (χ2v) is 4.61. The van der Waals surface area contributed by atoms with Gasteiger partial charge in [0.2, 0.25) is 0 Å². The van der Waals surface area contributed by atoms with Gasteiger partial charge in [0.25, 0.3) is 0 Å². The lowest BCUT2D eigenvalue weighted by Crippen LogP contribution is -1.98. The third-order valence-corrected chi connectivity index (χ3v) is 3.19. The number of hydrogen-bond acceptors (Lipinski definition) is 4. The molecule has 0 fully saturated rings. The van der Waals surface area contributed by atoms with Gasteiger partial charge in [-0.2, -0.15) is 5.10 Å². The van der Waals surface area contributed by atoms with E-state index >= 15 is 0 Å². The fraction of sp³-hybridized carbons (Fsp3) is 0.214. The number of nitrogens with two attached hydrogens (primary N) is 1. The average molecular weight is 268 g/mol. The van der Waals surface area contributed by atoms with Gasteiger partial charge >= 0.3 is 0 Å². The molecule has 0 saturated heterocycles. The molecule has 0 saturated carbocycles. The number of anilines is 1. The number of pyridine rings is 1. The second kappa shape index (κ2) is 4.80. The highest BCUT2D eigenvalue weighted by Crippen LogP contribution is 2.25. The molecule has 6 heteroatoms. The van der Waals surface area contributed by atoms with Crippen LogP contribution in [0, 0.1) is 0 Å². The Kier molecular flexibility index (Phi) is 2.98. The van der Waals surface area contributed by atoms with Crippen LogP contribution in [0.15, 0.2) is 37.1 Å². The molecule has 3 rings (SSSR count). The van der Waals surface area contributed by atoms with E-state index in [4.69, 9.17) is 5.73 Å². The third-order valence-electron chi connectivity index (χ3n) is 3.19. The van der Waals surface area contributed by atoms with E-state index in [0.29, 0.717) is 5.82 Å². The summed E-state index contributed by atoms with van der Waals surface area (Å²) in [7, 11) is 1.92. The molecule has 0 aromatic carbocycles. The van der Waals surface area contributed by atoms with Crippen LogP contribution in [0.3, 0.4) is 0 Å². The fourth-order valence-corrected chi connectivity index (χ4v) is 2.28. The molecule has 3 heterocycles. The van der Waals surface area contributed by atoms with Crippen LogP contribution in [-0.4, -0.2) is 24.3 Å². The Morgan fingerprint density at radius 3 is 2.95 bits per heavy atom. The Morgan fingerprint density at radius 1 is 1.35 bits per heavy atom. The highest BCUT2D eigenvalue weighted by Gasteiger charge is 2.13. The van der Waals surface area contributed by atoms with E-state index in [2.05, 4.69) is 22.0 Å². The van der Waals surface area contributed by atoms with Crippen molar-refractivity contribution >= 4 is 5.82 Å². The first-order chi connectivity index (χ1) is 9.69. The molecule has 0 atom stereocenters. The molecule has 0 radical (unpaired) electrons. The van der Waals surface area contributed by atoms with E-state index in [1.54, 1.807) is 12.5 Å². The van der Waals surface area contributed by atoms with Gasteiger partial charge in [-0.25, -0.2) is 9.97 Å². The van der Waals surface area contributed by atoms with Crippen molar-refractivity contribution < 1.29 is 0 Å². The maximum atomic E-state index is 5.76. The molecule has 6 nitrogen and oxygen atoms in total. The van der Waals surface area contributed by atoms with Crippen molar-refractivity contribution in [2.45, 2.75) is 13.3 Å². The third kappa shape index (κ3) is 2.05. The minimum Gasteiger partial charge on any atom is -0.384 e. The van der Waals surface area contributed by atoms with Crippen LogP contribution < -0.4 is 5.73 Å². The normalized spacial score (nSPS) is 10.9. The zero-order chi connectivity index (χ0) is 14.1. The standard InChI is InChI=1S/C14H16N6/c1-3-11-13(8-19(2)18-11)20-9-16-7-12(20)10-4-5-17-14(15)6-10/h4-9H,3H2,1-2H3,(H2,15,17). The van der Waals surface area contributed by atoms with Gasteiger partial charge in [-0.15, -0.1) is 0 Å². The average Bonchev–Trinajstić information content (AvgIpc) is 3.04. The van der Waals surface area contributed by atoms with Crippen molar-refractivity contribution in [1.82, 2.24) is 24.3 Å². The zero-order valence-corrected chi connectivity index (χ0v) is 11.5. The molecule has 0 amide bonds. The molecule has 0 spiro atoms. The quantitative estimate of drug-likeness (QED) is 0.786. The molecule has 3 aromatic heterocycles. The molecule has 0 aliphatic heterocycles. The predicted molar refractivity (Wildman–Crippen MR) is 77.4 cm³/mol. The van der Waals surface area contributed by atoms with Crippen LogP contribution in [0.4, 0.5) is 5.82 Å². The maximum Gasteiger partial charge on any atom is 0.123 e. The minimum atomic E-state index is 0.497. The molecule has 3 aromatic rings. The van der Waals surface area contributed by atoms with E-state index in [0.717, 1.165) is 29.1 Å². The minimum absolute atomic E-state index is 0.497. The van der Waals surface area contributed by atoms with Crippen LogP contribution >= 0.6 is 0 Å². The van der Waals surface area contributed by atoms with Gasteiger partial charge in [0.1, 0.15) is 5.82 Å². The summed E-state index contributed by atoms with van der Waals surface area (Å²) >= 11 is 0. The number of nitrogen functional groups attached to an aromatic ring is 1. The van der Waals surface area contributed by atoms with Gasteiger partial charge in [-0.05, 0) is 18.6 Å². The molecular formula is C14H16N6. The molecule has 102 valence electrons. The first-order valence-corrected chi connectivity index (χ1v) is 6.46. The summed E-state index contributed by atoms with van der Waals surface area (Å²) in [5.41, 5.74) is 9.79. The number of aryl methyl sites for hydroxylation is 2. The summed E-state index contributed by atoms with van der Waals surface area (Å²) in [6, 6.07) is 3.77. The lowest BCUT2D eigenvalue weighted by molar-refractivity contribution is 0.746. The molecule has 0 aliphatic carbocycles. The Labute approximate surface area is 116 Å². The van der Waals surface area contributed by atoms with E-state index in [9.17, 15) is 0 Å². The molecule has 0 aliphatic rings. The van der Waals surface area contributed by atoms with Crippen molar-refractivity contribution in [2.75, 3.05) is 5.73 Å².